The molecule has 0 amide bonds. The molecule has 1 aromatic rings. The second-order valence-corrected chi connectivity index (χ2v) is 4.45. The molecule has 0 atom stereocenters. The van der Waals surface area contributed by atoms with Gasteiger partial charge in [0.25, 0.3) is 5.56 Å². The standard InChI is InChI=1S/C10H14ClN3O/c1-7-2-4-14(5-3-7)8-6-12-13-10(15)9(8)11/h6-7H,2-5H2,1H3,(H,13,15). The van der Waals surface area contributed by atoms with Crippen molar-refractivity contribution in [3.63, 3.8) is 0 Å². The molecular formula is C10H14ClN3O. The van der Waals surface area contributed by atoms with Crippen LogP contribution in [-0.2, 0) is 0 Å². The van der Waals surface area contributed by atoms with Gasteiger partial charge in [0, 0.05) is 13.1 Å². The molecule has 1 aromatic heterocycles. The Balaban J connectivity index is 2.23. The van der Waals surface area contributed by atoms with E-state index in [-0.39, 0.29) is 10.6 Å². The van der Waals surface area contributed by atoms with E-state index in [0.29, 0.717) is 0 Å². The van der Waals surface area contributed by atoms with Crippen molar-refractivity contribution in [2.45, 2.75) is 19.8 Å². The number of halogens is 1. The molecule has 0 saturated carbocycles. The molecule has 0 spiro atoms. The molecule has 15 heavy (non-hydrogen) atoms. The van der Waals surface area contributed by atoms with Crippen molar-refractivity contribution in [1.29, 1.82) is 0 Å². The summed E-state index contributed by atoms with van der Waals surface area (Å²) in [6, 6.07) is 0. The second-order valence-electron chi connectivity index (χ2n) is 4.07. The number of aromatic nitrogens is 2. The highest BCUT2D eigenvalue weighted by Gasteiger charge is 2.19. The molecule has 0 bridgehead atoms. The van der Waals surface area contributed by atoms with Gasteiger partial charge in [-0.2, -0.15) is 5.10 Å². The van der Waals surface area contributed by atoms with Crippen LogP contribution in [0.2, 0.25) is 5.02 Å². The summed E-state index contributed by atoms with van der Waals surface area (Å²) in [6.07, 6.45) is 3.91. The molecule has 4 nitrogen and oxygen atoms in total. The first-order valence-corrected chi connectivity index (χ1v) is 5.54. The molecule has 2 heterocycles. The van der Waals surface area contributed by atoms with Crippen LogP contribution in [0, 0.1) is 5.92 Å². The van der Waals surface area contributed by atoms with Gasteiger partial charge in [-0.3, -0.25) is 4.79 Å². The van der Waals surface area contributed by atoms with Crippen LogP contribution in [0.4, 0.5) is 5.69 Å². The van der Waals surface area contributed by atoms with Crippen molar-refractivity contribution in [2.24, 2.45) is 5.92 Å². The monoisotopic (exact) mass is 227 g/mol. The lowest BCUT2D eigenvalue weighted by molar-refractivity contribution is 0.438. The lowest BCUT2D eigenvalue weighted by Gasteiger charge is -2.31. The summed E-state index contributed by atoms with van der Waals surface area (Å²) in [7, 11) is 0. The summed E-state index contributed by atoms with van der Waals surface area (Å²) in [5.74, 6) is 0.759. The molecule has 1 aliphatic heterocycles. The first-order chi connectivity index (χ1) is 7.18. The van der Waals surface area contributed by atoms with E-state index < -0.39 is 0 Å². The number of hydrogen-bond donors (Lipinski definition) is 1. The van der Waals surface area contributed by atoms with E-state index in [4.69, 9.17) is 11.6 Å². The molecule has 0 aromatic carbocycles. The molecule has 1 saturated heterocycles. The topological polar surface area (TPSA) is 49.0 Å². The van der Waals surface area contributed by atoms with E-state index in [2.05, 4.69) is 22.0 Å². The van der Waals surface area contributed by atoms with Gasteiger partial charge in [0.05, 0.1) is 11.9 Å². The molecule has 82 valence electrons. The Morgan fingerprint density at radius 2 is 2.20 bits per heavy atom. The molecule has 5 heteroatoms. The van der Waals surface area contributed by atoms with Gasteiger partial charge in [-0.05, 0) is 18.8 Å². The summed E-state index contributed by atoms with van der Waals surface area (Å²) >= 11 is 5.94. The zero-order valence-electron chi connectivity index (χ0n) is 8.66. The van der Waals surface area contributed by atoms with E-state index in [1.54, 1.807) is 6.20 Å². The van der Waals surface area contributed by atoms with Crippen LogP contribution in [0.3, 0.4) is 0 Å². The van der Waals surface area contributed by atoms with E-state index in [1.165, 1.54) is 0 Å². The van der Waals surface area contributed by atoms with Crippen molar-refractivity contribution in [1.82, 2.24) is 10.2 Å². The van der Waals surface area contributed by atoms with Gasteiger partial charge < -0.3 is 4.90 Å². The average Bonchev–Trinajstić information content (AvgIpc) is 2.24. The number of anilines is 1. The van der Waals surface area contributed by atoms with Gasteiger partial charge in [0.15, 0.2) is 0 Å². The Hall–Kier alpha value is -1.03. The summed E-state index contributed by atoms with van der Waals surface area (Å²) < 4.78 is 0. The van der Waals surface area contributed by atoms with Crippen LogP contribution >= 0.6 is 11.6 Å². The molecule has 1 aliphatic rings. The third kappa shape index (κ3) is 2.15. The van der Waals surface area contributed by atoms with Crippen LogP contribution in [0.25, 0.3) is 0 Å². The number of nitrogens with one attached hydrogen (secondary N) is 1. The minimum atomic E-state index is -0.312. The molecule has 0 unspecified atom stereocenters. The lowest BCUT2D eigenvalue weighted by Crippen LogP contribution is -2.34. The van der Waals surface area contributed by atoms with Gasteiger partial charge in [0.1, 0.15) is 5.02 Å². The number of rotatable bonds is 1. The first kappa shape index (κ1) is 10.5. The highest BCUT2D eigenvalue weighted by Crippen LogP contribution is 2.25. The van der Waals surface area contributed by atoms with Gasteiger partial charge >= 0.3 is 0 Å². The fourth-order valence-corrected chi connectivity index (χ4v) is 2.05. The first-order valence-electron chi connectivity index (χ1n) is 5.16. The SMILES string of the molecule is CC1CCN(c2cn[nH]c(=O)c2Cl)CC1. The van der Waals surface area contributed by atoms with E-state index in [1.807, 2.05) is 0 Å². The molecular weight excluding hydrogens is 214 g/mol. The van der Waals surface area contributed by atoms with E-state index in [0.717, 1.165) is 37.5 Å². The maximum absolute atomic E-state index is 11.3. The highest BCUT2D eigenvalue weighted by atomic mass is 35.5. The second kappa shape index (κ2) is 4.23. The number of aromatic amines is 1. The highest BCUT2D eigenvalue weighted by molar-refractivity contribution is 6.32. The Bertz CT molecular complexity index is 396. The Labute approximate surface area is 93.2 Å². The van der Waals surface area contributed by atoms with Crippen LogP contribution in [0.15, 0.2) is 11.0 Å². The molecule has 0 aliphatic carbocycles. The molecule has 2 rings (SSSR count). The van der Waals surface area contributed by atoms with Crippen molar-refractivity contribution >= 4 is 17.3 Å². The van der Waals surface area contributed by atoms with Crippen LogP contribution in [0.5, 0.6) is 0 Å². The zero-order chi connectivity index (χ0) is 10.8. The minimum Gasteiger partial charge on any atom is -0.369 e. The van der Waals surface area contributed by atoms with Crippen LogP contribution in [0.1, 0.15) is 19.8 Å². The lowest BCUT2D eigenvalue weighted by atomic mass is 9.99. The molecule has 0 radical (unpaired) electrons. The quantitative estimate of drug-likeness (QED) is 0.794. The van der Waals surface area contributed by atoms with E-state index in [9.17, 15) is 4.79 Å². The molecule has 1 fully saturated rings. The largest absolute Gasteiger partial charge is 0.369 e. The minimum absolute atomic E-state index is 0.250. The number of nitrogens with zero attached hydrogens (tertiary/aromatic N) is 2. The Kier molecular flexibility index (Phi) is 2.95. The van der Waals surface area contributed by atoms with Gasteiger partial charge in [-0.1, -0.05) is 18.5 Å². The van der Waals surface area contributed by atoms with Crippen molar-refractivity contribution in [3.05, 3.63) is 21.6 Å². The third-order valence-corrected chi connectivity index (χ3v) is 3.27. The maximum atomic E-state index is 11.3. The fourth-order valence-electron chi connectivity index (χ4n) is 1.84. The smallest absolute Gasteiger partial charge is 0.285 e. The predicted molar refractivity (Wildman–Crippen MR) is 60.5 cm³/mol. The number of hydrogen-bond acceptors (Lipinski definition) is 3. The normalized spacial score (nSPS) is 18.1. The third-order valence-electron chi connectivity index (χ3n) is 2.90. The summed E-state index contributed by atoms with van der Waals surface area (Å²) in [6.45, 7) is 4.15. The van der Waals surface area contributed by atoms with Crippen molar-refractivity contribution in [3.8, 4) is 0 Å². The number of piperidine rings is 1. The van der Waals surface area contributed by atoms with Gasteiger partial charge in [-0.15, -0.1) is 0 Å². The van der Waals surface area contributed by atoms with Gasteiger partial charge in [0.2, 0.25) is 0 Å². The number of H-pyrrole nitrogens is 1. The zero-order valence-corrected chi connectivity index (χ0v) is 9.42. The van der Waals surface area contributed by atoms with Crippen LogP contribution < -0.4 is 10.5 Å². The summed E-state index contributed by atoms with van der Waals surface area (Å²) in [5.41, 5.74) is 0.445. The summed E-state index contributed by atoms with van der Waals surface area (Å²) in [5, 5.41) is 6.35. The van der Waals surface area contributed by atoms with Crippen molar-refractivity contribution in [2.75, 3.05) is 18.0 Å². The Morgan fingerprint density at radius 1 is 1.53 bits per heavy atom. The van der Waals surface area contributed by atoms with Crippen LogP contribution in [-0.4, -0.2) is 23.3 Å². The molecule has 1 N–H and O–H groups in total. The summed E-state index contributed by atoms with van der Waals surface area (Å²) in [4.78, 5) is 13.4. The average molecular weight is 228 g/mol. The predicted octanol–water partition coefficient (Wildman–Crippen LogP) is 1.66. The Morgan fingerprint density at radius 3 is 2.87 bits per heavy atom. The van der Waals surface area contributed by atoms with Crippen molar-refractivity contribution < 1.29 is 0 Å². The van der Waals surface area contributed by atoms with E-state index >= 15 is 0 Å². The fraction of sp³-hybridized carbons (Fsp3) is 0.600. The maximum Gasteiger partial charge on any atom is 0.285 e. The van der Waals surface area contributed by atoms with Gasteiger partial charge in [-0.25, -0.2) is 5.10 Å².